The summed E-state index contributed by atoms with van der Waals surface area (Å²) in [5.74, 6) is 1.50. The number of nitrogens with zero attached hydrogens (tertiary/aromatic N) is 3. The number of carbonyl (C=O) groups is 1. The zero-order valence-electron chi connectivity index (χ0n) is 20.0. The summed E-state index contributed by atoms with van der Waals surface area (Å²) in [6.45, 7) is 3.82. The van der Waals surface area contributed by atoms with Gasteiger partial charge in [0, 0.05) is 30.6 Å². The van der Waals surface area contributed by atoms with Crippen LogP contribution in [0.3, 0.4) is 0 Å². The minimum atomic E-state index is -0.313. The number of methoxy groups -OCH3 is 1. The van der Waals surface area contributed by atoms with Crippen LogP contribution in [-0.2, 0) is 4.79 Å². The van der Waals surface area contributed by atoms with Crippen LogP contribution in [0.5, 0.6) is 11.5 Å². The fraction of sp³-hybridized carbons (Fsp3) is 0.423. The van der Waals surface area contributed by atoms with E-state index in [1.54, 1.807) is 32.2 Å². The zero-order valence-corrected chi connectivity index (χ0v) is 20.0. The van der Waals surface area contributed by atoms with Crippen LogP contribution >= 0.6 is 0 Å². The minimum absolute atomic E-state index is 0.0477. The third-order valence-corrected chi connectivity index (χ3v) is 6.89. The Morgan fingerprint density at radius 3 is 2.74 bits per heavy atom. The minimum Gasteiger partial charge on any atom is -0.493 e. The van der Waals surface area contributed by atoms with Crippen molar-refractivity contribution in [2.45, 2.75) is 44.8 Å². The van der Waals surface area contributed by atoms with Crippen molar-refractivity contribution in [3.05, 3.63) is 48.0 Å². The number of amides is 1. The summed E-state index contributed by atoms with van der Waals surface area (Å²) in [7, 11) is 1.61. The Balaban J connectivity index is 1.35. The van der Waals surface area contributed by atoms with Crippen molar-refractivity contribution < 1.29 is 18.7 Å². The van der Waals surface area contributed by atoms with Crippen molar-refractivity contribution in [1.82, 2.24) is 20.2 Å². The van der Waals surface area contributed by atoms with Crippen LogP contribution in [-0.4, -0.2) is 59.7 Å². The van der Waals surface area contributed by atoms with Gasteiger partial charge < -0.3 is 20.1 Å². The number of fused-ring (bicyclic) bond motifs is 1. The number of rotatable bonds is 6. The summed E-state index contributed by atoms with van der Waals surface area (Å²) in [5.41, 5.74) is 1.58. The number of hydrogen-bond donors (Lipinski definition) is 2. The first-order valence-corrected chi connectivity index (χ1v) is 12.0. The largest absolute Gasteiger partial charge is 0.493 e. The molecule has 3 aromatic rings. The molecule has 2 heterocycles. The van der Waals surface area contributed by atoms with E-state index in [1.165, 1.54) is 6.33 Å². The number of hydrogen-bond acceptors (Lipinski definition) is 7. The molecular formula is C26H30FN5O3. The van der Waals surface area contributed by atoms with Gasteiger partial charge in [-0.05, 0) is 50.3 Å². The third-order valence-electron chi connectivity index (χ3n) is 6.89. The number of anilines is 2. The van der Waals surface area contributed by atoms with E-state index in [2.05, 4.69) is 25.5 Å². The molecular weight excluding hydrogens is 449 g/mol. The van der Waals surface area contributed by atoms with Gasteiger partial charge in [0.25, 0.3) is 0 Å². The van der Waals surface area contributed by atoms with E-state index in [1.807, 2.05) is 12.1 Å². The highest BCUT2D eigenvalue weighted by molar-refractivity contribution is 5.93. The molecule has 0 spiro atoms. The first-order valence-electron chi connectivity index (χ1n) is 12.0. The molecule has 0 bridgehead atoms. The van der Waals surface area contributed by atoms with Crippen LogP contribution in [0.2, 0.25) is 0 Å². The molecule has 1 saturated heterocycles. The van der Waals surface area contributed by atoms with Crippen molar-refractivity contribution >= 4 is 28.3 Å². The van der Waals surface area contributed by atoms with Gasteiger partial charge in [-0.25, -0.2) is 14.4 Å². The summed E-state index contributed by atoms with van der Waals surface area (Å²) in [6, 6.07) is 9.31. The van der Waals surface area contributed by atoms with Crippen molar-refractivity contribution in [2.75, 3.05) is 32.1 Å². The number of ether oxygens (including phenoxy) is 2. The fourth-order valence-electron chi connectivity index (χ4n) is 4.96. The molecule has 5 rings (SSSR count). The van der Waals surface area contributed by atoms with Gasteiger partial charge in [0.2, 0.25) is 5.91 Å². The van der Waals surface area contributed by atoms with E-state index >= 15 is 0 Å². The molecule has 184 valence electrons. The van der Waals surface area contributed by atoms with E-state index < -0.39 is 0 Å². The molecule has 2 aromatic carbocycles. The highest BCUT2D eigenvalue weighted by Gasteiger charge is 2.30. The van der Waals surface area contributed by atoms with Crippen LogP contribution in [0.25, 0.3) is 10.9 Å². The van der Waals surface area contributed by atoms with Crippen molar-refractivity contribution in [1.29, 1.82) is 0 Å². The normalized spacial score (nSPS) is 20.9. The van der Waals surface area contributed by atoms with Gasteiger partial charge in [0.05, 0.1) is 31.0 Å². The van der Waals surface area contributed by atoms with E-state index in [0.29, 0.717) is 53.2 Å². The maximum atomic E-state index is 14.6. The van der Waals surface area contributed by atoms with Gasteiger partial charge >= 0.3 is 0 Å². The number of nitrogens with one attached hydrogen (secondary N) is 2. The number of aromatic nitrogens is 2. The smallest absolute Gasteiger partial charge is 0.234 e. The molecule has 2 aliphatic rings. The second-order valence-corrected chi connectivity index (χ2v) is 9.17. The molecule has 1 amide bonds. The zero-order chi connectivity index (χ0) is 24.4. The van der Waals surface area contributed by atoms with Crippen LogP contribution in [0.4, 0.5) is 15.9 Å². The second-order valence-electron chi connectivity index (χ2n) is 9.17. The monoisotopic (exact) mass is 479 g/mol. The highest BCUT2D eigenvalue weighted by atomic mass is 19.1. The number of aryl methyl sites for hydroxylation is 1. The van der Waals surface area contributed by atoms with E-state index in [0.717, 1.165) is 37.6 Å². The number of benzene rings is 2. The molecule has 1 saturated carbocycles. The summed E-state index contributed by atoms with van der Waals surface area (Å²) in [6.07, 6.45) is 5.25. The molecule has 1 aliphatic carbocycles. The molecule has 1 aromatic heterocycles. The Labute approximate surface area is 203 Å². The van der Waals surface area contributed by atoms with Crippen molar-refractivity contribution in [3.63, 3.8) is 0 Å². The lowest BCUT2D eigenvalue weighted by molar-refractivity contribution is -0.125. The molecule has 2 fully saturated rings. The predicted molar refractivity (Wildman–Crippen MR) is 132 cm³/mol. The molecule has 0 atom stereocenters. The van der Waals surface area contributed by atoms with Crippen LogP contribution < -0.4 is 20.1 Å². The number of piperazine rings is 1. The average Bonchev–Trinajstić information content (AvgIpc) is 2.87. The lowest BCUT2D eigenvalue weighted by Gasteiger charge is -2.38. The summed E-state index contributed by atoms with van der Waals surface area (Å²) in [5, 5.41) is 6.72. The van der Waals surface area contributed by atoms with Gasteiger partial charge in [-0.1, -0.05) is 12.1 Å². The molecule has 9 heteroatoms. The molecule has 0 unspecified atom stereocenters. The van der Waals surface area contributed by atoms with E-state index in [-0.39, 0.29) is 17.8 Å². The maximum Gasteiger partial charge on any atom is 0.234 e. The summed E-state index contributed by atoms with van der Waals surface area (Å²) < 4.78 is 26.6. The number of halogens is 1. The molecule has 2 N–H and O–H groups in total. The Morgan fingerprint density at radius 1 is 1.14 bits per heavy atom. The van der Waals surface area contributed by atoms with Crippen LogP contribution in [0.1, 0.15) is 31.2 Å². The van der Waals surface area contributed by atoms with E-state index in [9.17, 15) is 9.18 Å². The first-order chi connectivity index (χ1) is 17.0. The summed E-state index contributed by atoms with van der Waals surface area (Å²) in [4.78, 5) is 22.8. The van der Waals surface area contributed by atoms with E-state index in [4.69, 9.17) is 9.47 Å². The second kappa shape index (κ2) is 10.0. The average molecular weight is 480 g/mol. The fourth-order valence-corrected chi connectivity index (χ4v) is 4.96. The number of carbonyl (C=O) groups excluding carboxylic acids is 1. The van der Waals surface area contributed by atoms with Crippen LogP contribution in [0, 0.1) is 12.7 Å². The molecule has 8 nitrogen and oxygen atoms in total. The standard InChI is InChI=1S/C26H30FN5O3/c1-16-4-3-5-20(25(16)27)31-26-19-12-23(22(34-2)13-21(19)29-15-30-26)35-18-8-6-17(7-9-18)32-11-10-28-24(33)14-32/h3-5,12-13,15,17-18H,6-11,14H2,1-2H3,(H,28,33)(H,29,30,31)/t17-,18+. The van der Waals surface area contributed by atoms with Gasteiger partial charge in [-0.2, -0.15) is 0 Å². The Kier molecular flexibility index (Phi) is 6.68. The molecule has 1 aliphatic heterocycles. The Morgan fingerprint density at radius 2 is 1.97 bits per heavy atom. The molecule has 0 radical (unpaired) electrons. The highest BCUT2D eigenvalue weighted by Crippen LogP contribution is 2.37. The topological polar surface area (TPSA) is 88.6 Å². The SMILES string of the molecule is COc1cc2ncnc(Nc3cccc(C)c3F)c2cc1O[C@H]1CC[C@@H](N2CCNC(=O)C2)CC1. The predicted octanol–water partition coefficient (Wildman–Crippen LogP) is 3.95. The third kappa shape index (κ3) is 5.00. The quantitative estimate of drug-likeness (QED) is 0.553. The maximum absolute atomic E-state index is 14.6. The Hall–Kier alpha value is -3.46. The molecule has 35 heavy (non-hydrogen) atoms. The lowest BCUT2D eigenvalue weighted by Crippen LogP contribution is -2.52. The Bertz CT molecular complexity index is 1230. The van der Waals surface area contributed by atoms with Gasteiger partial charge in [0.1, 0.15) is 18.0 Å². The van der Waals surface area contributed by atoms with Crippen molar-refractivity contribution in [2.24, 2.45) is 0 Å². The van der Waals surface area contributed by atoms with Crippen LogP contribution in [0.15, 0.2) is 36.7 Å². The first kappa shape index (κ1) is 23.3. The summed E-state index contributed by atoms with van der Waals surface area (Å²) >= 11 is 0. The lowest BCUT2D eigenvalue weighted by atomic mass is 9.91. The van der Waals surface area contributed by atoms with Gasteiger partial charge in [-0.3, -0.25) is 9.69 Å². The van der Waals surface area contributed by atoms with Gasteiger partial charge in [0.15, 0.2) is 11.5 Å². The van der Waals surface area contributed by atoms with Crippen molar-refractivity contribution in [3.8, 4) is 11.5 Å². The van der Waals surface area contributed by atoms with Gasteiger partial charge in [-0.15, -0.1) is 0 Å².